The summed E-state index contributed by atoms with van der Waals surface area (Å²) in [5, 5.41) is 2.77. The number of nitrogens with zero attached hydrogens (tertiary/aromatic N) is 2. The van der Waals surface area contributed by atoms with Crippen LogP contribution < -0.4 is 5.32 Å². The van der Waals surface area contributed by atoms with Crippen LogP contribution in [-0.4, -0.2) is 57.5 Å². The lowest BCUT2D eigenvalue weighted by molar-refractivity contribution is -0.120. The topological polar surface area (TPSA) is 104 Å². The van der Waals surface area contributed by atoms with Crippen molar-refractivity contribution >= 4 is 31.6 Å². The van der Waals surface area contributed by atoms with Gasteiger partial charge in [0.1, 0.15) is 0 Å². The minimum atomic E-state index is -3.67. The Balaban J connectivity index is 1.74. The zero-order valence-electron chi connectivity index (χ0n) is 18.3. The maximum absolute atomic E-state index is 12.9. The van der Waals surface area contributed by atoms with Gasteiger partial charge in [-0.05, 0) is 43.2 Å². The summed E-state index contributed by atoms with van der Waals surface area (Å²) in [5.74, 6) is -0.847. The molecule has 1 aliphatic rings. The number of piperidine rings is 1. The predicted molar refractivity (Wildman–Crippen MR) is 123 cm³/mol. The fourth-order valence-corrected chi connectivity index (χ4v) is 6.86. The molecule has 1 N–H and O–H groups in total. The second kappa shape index (κ2) is 10.1. The van der Waals surface area contributed by atoms with E-state index in [-0.39, 0.29) is 22.2 Å². The molecular formula is C22H29N3O5S2. The number of carbonyl (C=O) groups excluding carboxylic acids is 1. The molecule has 0 bridgehead atoms. The van der Waals surface area contributed by atoms with Gasteiger partial charge in [0.15, 0.2) is 0 Å². The van der Waals surface area contributed by atoms with Crippen LogP contribution in [0.15, 0.2) is 64.4 Å². The van der Waals surface area contributed by atoms with Gasteiger partial charge in [0.2, 0.25) is 26.0 Å². The number of amides is 1. The zero-order chi connectivity index (χ0) is 23.4. The largest absolute Gasteiger partial charge is 0.326 e. The Bertz CT molecular complexity index is 1150. The summed E-state index contributed by atoms with van der Waals surface area (Å²) in [6.07, 6.45) is 1.13. The second-order valence-corrected chi connectivity index (χ2v) is 11.5. The van der Waals surface area contributed by atoms with E-state index in [1.165, 1.54) is 20.7 Å². The molecule has 0 radical (unpaired) electrons. The molecule has 1 heterocycles. The first kappa shape index (κ1) is 24.4. The molecule has 174 valence electrons. The van der Waals surface area contributed by atoms with Crippen LogP contribution in [0, 0.1) is 5.92 Å². The van der Waals surface area contributed by atoms with Crippen LogP contribution in [0.4, 0.5) is 5.69 Å². The zero-order valence-corrected chi connectivity index (χ0v) is 19.9. The van der Waals surface area contributed by atoms with Crippen molar-refractivity contribution in [3.8, 4) is 0 Å². The Morgan fingerprint density at radius 3 is 2.31 bits per heavy atom. The van der Waals surface area contributed by atoms with Gasteiger partial charge in [0.05, 0.1) is 15.7 Å². The average Bonchev–Trinajstić information content (AvgIpc) is 2.80. The maximum Gasteiger partial charge on any atom is 0.243 e. The van der Waals surface area contributed by atoms with Gasteiger partial charge in [-0.25, -0.2) is 16.8 Å². The molecule has 0 spiro atoms. The van der Waals surface area contributed by atoms with Crippen LogP contribution in [0.1, 0.15) is 26.7 Å². The molecule has 1 unspecified atom stereocenters. The first-order chi connectivity index (χ1) is 15.2. The van der Waals surface area contributed by atoms with Crippen molar-refractivity contribution in [1.29, 1.82) is 0 Å². The van der Waals surface area contributed by atoms with E-state index in [1.54, 1.807) is 56.3 Å². The Morgan fingerprint density at radius 1 is 1.00 bits per heavy atom. The van der Waals surface area contributed by atoms with E-state index >= 15 is 0 Å². The lowest BCUT2D eigenvalue weighted by atomic mass is 9.99. The van der Waals surface area contributed by atoms with Gasteiger partial charge in [-0.1, -0.05) is 38.1 Å². The van der Waals surface area contributed by atoms with Crippen LogP contribution >= 0.6 is 0 Å². The minimum absolute atomic E-state index is 0.0838. The normalized spacial score (nSPS) is 17.9. The molecule has 0 aliphatic carbocycles. The average molecular weight is 480 g/mol. The van der Waals surface area contributed by atoms with E-state index < -0.39 is 26.0 Å². The Labute approximate surface area is 190 Å². The van der Waals surface area contributed by atoms with Crippen molar-refractivity contribution in [2.45, 2.75) is 36.5 Å². The SMILES string of the molecule is CCN(CC)S(=O)(=O)c1cccc(NC(=O)C2CCCN(S(=O)(=O)c3ccccc3)C2)c1. The quantitative estimate of drug-likeness (QED) is 0.627. The Morgan fingerprint density at radius 2 is 1.66 bits per heavy atom. The molecule has 2 aromatic rings. The van der Waals surface area contributed by atoms with Gasteiger partial charge >= 0.3 is 0 Å². The highest BCUT2D eigenvalue weighted by Gasteiger charge is 2.33. The number of benzene rings is 2. The van der Waals surface area contributed by atoms with E-state index in [1.807, 2.05) is 0 Å². The summed E-state index contributed by atoms with van der Waals surface area (Å²) >= 11 is 0. The predicted octanol–water partition coefficient (Wildman–Crippen LogP) is 2.76. The number of anilines is 1. The molecule has 1 saturated heterocycles. The highest BCUT2D eigenvalue weighted by atomic mass is 32.2. The lowest BCUT2D eigenvalue weighted by Crippen LogP contribution is -2.43. The first-order valence-electron chi connectivity index (χ1n) is 10.7. The van der Waals surface area contributed by atoms with E-state index in [9.17, 15) is 21.6 Å². The van der Waals surface area contributed by atoms with Crippen molar-refractivity contribution in [3.05, 3.63) is 54.6 Å². The number of nitrogens with one attached hydrogen (secondary N) is 1. The monoisotopic (exact) mass is 479 g/mol. The molecule has 3 rings (SSSR count). The van der Waals surface area contributed by atoms with E-state index in [0.29, 0.717) is 38.2 Å². The minimum Gasteiger partial charge on any atom is -0.326 e. The maximum atomic E-state index is 12.9. The van der Waals surface area contributed by atoms with Crippen molar-refractivity contribution in [2.24, 2.45) is 5.92 Å². The Kier molecular flexibility index (Phi) is 7.71. The number of hydrogen-bond donors (Lipinski definition) is 1. The summed E-state index contributed by atoms with van der Waals surface area (Å²) < 4.78 is 54.0. The molecule has 1 amide bonds. The van der Waals surface area contributed by atoms with Crippen LogP contribution in [0.25, 0.3) is 0 Å². The van der Waals surface area contributed by atoms with Gasteiger partial charge in [-0.3, -0.25) is 4.79 Å². The highest BCUT2D eigenvalue weighted by molar-refractivity contribution is 7.89. The molecular weight excluding hydrogens is 450 g/mol. The van der Waals surface area contributed by atoms with Crippen LogP contribution in [0.3, 0.4) is 0 Å². The molecule has 0 aromatic heterocycles. The summed E-state index contributed by atoms with van der Waals surface area (Å²) in [5.41, 5.74) is 0.367. The van der Waals surface area contributed by atoms with Gasteiger partial charge in [-0.2, -0.15) is 8.61 Å². The number of carbonyl (C=O) groups is 1. The summed E-state index contributed by atoms with van der Waals surface area (Å²) in [6, 6.07) is 14.3. The van der Waals surface area contributed by atoms with Crippen molar-refractivity contribution < 1.29 is 21.6 Å². The molecule has 32 heavy (non-hydrogen) atoms. The lowest BCUT2D eigenvalue weighted by Gasteiger charge is -2.31. The Hall–Kier alpha value is -2.27. The fraction of sp³-hybridized carbons (Fsp3) is 0.409. The van der Waals surface area contributed by atoms with Crippen LogP contribution in [0.5, 0.6) is 0 Å². The van der Waals surface area contributed by atoms with Crippen LogP contribution in [-0.2, 0) is 24.8 Å². The van der Waals surface area contributed by atoms with Crippen LogP contribution in [0.2, 0.25) is 0 Å². The van der Waals surface area contributed by atoms with Gasteiger partial charge in [-0.15, -0.1) is 0 Å². The third-order valence-electron chi connectivity index (χ3n) is 5.58. The second-order valence-electron chi connectivity index (χ2n) is 7.62. The summed E-state index contributed by atoms with van der Waals surface area (Å²) in [6.45, 7) is 4.68. The van der Waals surface area contributed by atoms with E-state index in [4.69, 9.17) is 0 Å². The third kappa shape index (κ3) is 5.20. The standard InChI is InChI=1S/C22H29N3O5S2/c1-3-24(4-2)32(29,30)21-14-8-11-19(16-21)23-22(26)18-10-9-15-25(17-18)31(27,28)20-12-6-5-7-13-20/h5-8,11-14,16,18H,3-4,9-10,15,17H2,1-2H3,(H,23,26). The first-order valence-corrected chi connectivity index (χ1v) is 13.5. The van der Waals surface area contributed by atoms with Gasteiger partial charge in [0, 0.05) is 31.9 Å². The molecule has 1 aliphatic heterocycles. The molecule has 2 aromatic carbocycles. The molecule has 1 fully saturated rings. The number of sulfonamides is 2. The van der Waals surface area contributed by atoms with Crippen molar-refractivity contribution in [1.82, 2.24) is 8.61 Å². The highest BCUT2D eigenvalue weighted by Crippen LogP contribution is 2.25. The summed E-state index contributed by atoms with van der Waals surface area (Å²) in [7, 11) is -7.32. The fourth-order valence-electron chi connectivity index (χ4n) is 3.81. The molecule has 10 heteroatoms. The van der Waals surface area contributed by atoms with Gasteiger partial charge in [0.25, 0.3) is 0 Å². The number of hydrogen-bond acceptors (Lipinski definition) is 5. The molecule has 0 saturated carbocycles. The van der Waals surface area contributed by atoms with E-state index in [0.717, 1.165) is 0 Å². The smallest absolute Gasteiger partial charge is 0.243 e. The molecule has 8 nitrogen and oxygen atoms in total. The van der Waals surface area contributed by atoms with E-state index in [2.05, 4.69) is 5.32 Å². The molecule has 1 atom stereocenters. The van der Waals surface area contributed by atoms with Gasteiger partial charge < -0.3 is 5.32 Å². The number of rotatable bonds is 8. The van der Waals surface area contributed by atoms with Crippen molar-refractivity contribution in [3.63, 3.8) is 0 Å². The summed E-state index contributed by atoms with van der Waals surface area (Å²) in [4.78, 5) is 13.2. The third-order valence-corrected chi connectivity index (χ3v) is 9.51. The van der Waals surface area contributed by atoms with Crippen molar-refractivity contribution in [2.75, 3.05) is 31.5 Å².